The standard InChI is InChI=1S/C27H36N4O6/c1-6-34-25(32)22-18(2)36-24(29)21(17-28)23(22)19-7-9-20(10-8-19)35-16-15-30-11-13-31(14-12-30)26(33)37-27(3,4)5/h7-10,23H,6,11-16,29H2,1-5H3. The Morgan fingerprint density at radius 1 is 1.16 bits per heavy atom. The maximum atomic E-state index is 12.6. The van der Waals surface area contributed by atoms with Gasteiger partial charge in [-0.15, -0.1) is 0 Å². The first-order valence-corrected chi connectivity index (χ1v) is 12.4. The Morgan fingerprint density at radius 3 is 2.38 bits per heavy atom. The van der Waals surface area contributed by atoms with Crippen LogP contribution in [0.15, 0.2) is 47.1 Å². The molecule has 1 aromatic carbocycles. The molecule has 200 valence electrons. The SMILES string of the molecule is CCOC(=O)C1=C(C)OC(N)=C(C#N)C1c1ccc(OCCN2CCN(C(=O)OC(C)(C)C)CC2)cc1. The van der Waals surface area contributed by atoms with Gasteiger partial charge in [-0.05, 0) is 52.3 Å². The number of ether oxygens (including phenoxy) is 4. The van der Waals surface area contributed by atoms with E-state index in [1.807, 2.05) is 32.9 Å². The van der Waals surface area contributed by atoms with Crippen LogP contribution in [0.3, 0.4) is 0 Å². The molecule has 2 N–H and O–H groups in total. The van der Waals surface area contributed by atoms with Crippen LogP contribution in [0.2, 0.25) is 0 Å². The number of benzene rings is 1. The number of amides is 1. The minimum Gasteiger partial charge on any atom is -0.492 e. The molecule has 0 bridgehead atoms. The van der Waals surface area contributed by atoms with Crippen LogP contribution in [-0.4, -0.2) is 73.4 Å². The van der Waals surface area contributed by atoms with E-state index in [1.54, 1.807) is 30.9 Å². The van der Waals surface area contributed by atoms with Crippen molar-refractivity contribution in [3.8, 4) is 11.8 Å². The van der Waals surface area contributed by atoms with Gasteiger partial charge < -0.3 is 29.6 Å². The topological polar surface area (TPSA) is 127 Å². The molecule has 1 saturated heterocycles. The Balaban J connectivity index is 1.57. The third-order valence-electron chi connectivity index (χ3n) is 6.01. The molecule has 0 aromatic heterocycles. The predicted molar refractivity (Wildman–Crippen MR) is 136 cm³/mol. The molecule has 37 heavy (non-hydrogen) atoms. The second-order valence-corrected chi connectivity index (χ2v) is 9.84. The Morgan fingerprint density at radius 2 is 1.81 bits per heavy atom. The number of hydrogen-bond donors (Lipinski definition) is 1. The second-order valence-electron chi connectivity index (χ2n) is 9.84. The number of piperazine rings is 1. The van der Waals surface area contributed by atoms with Crippen molar-refractivity contribution < 1.29 is 28.5 Å². The summed E-state index contributed by atoms with van der Waals surface area (Å²) in [6.45, 7) is 13.1. The molecule has 10 heteroatoms. The average molecular weight is 513 g/mol. The number of nitrogens with two attached hydrogens (primary N) is 1. The van der Waals surface area contributed by atoms with Gasteiger partial charge in [0.15, 0.2) is 0 Å². The third-order valence-corrected chi connectivity index (χ3v) is 6.01. The summed E-state index contributed by atoms with van der Waals surface area (Å²) >= 11 is 0. The fourth-order valence-corrected chi connectivity index (χ4v) is 4.22. The van der Waals surface area contributed by atoms with E-state index in [4.69, 9.17) is 24.7 Å². The van der Waals surface area contributed by atoms with Crippen LogP contribution in [0.1, 0.15) is 46.1 Å². The number of allylic oxidation sites excluding steroid dienone is 2. The average Bonchev–Trinajstić information content (AvgIpc) is 2.83. The molecular weight excluding hydrogens is 476 g/mol. The molecule has 0 saturated carbocycles. The summed E-state index contributed by atoms with van der Waals surface area (Å²) in [5.74, 6) is -0.278. The molecule has 1 fully saturated rings. The molecule has 10 nitrogen and oxygen atoms in total. The van der Waals surface area contributed by atoms with Crippen LogP contribution >= 0.6 is 0 Å². The number of carbonyl (C=O) groups is 2. The van der Waals surface area contributed by atoms with E-state index >= 15 is 0 Å². The van der Waals surface area contributed by atoms with Crippen LogP contribution in [-0.2, 0) is 19.0 Å². The van der Waals surface area contributed by atoms with Gasteiger partial charge in [-0.2, -0.15) is 5.26 Å². The van der Waals surface area contributed by atoms with Crippen LogP contribution in [0.5, 0.6) is 5.75 Å². The highest BCUT2D eigenvalue weighted by molar-refractivity contribution is 5.92. The van der Waals surface area contributed by atoms with Gasteiger partial charge in [-0.25, -0.2) is 9.59 Å². The first kappa shape index (κ1) is 27.9. The molecule has 2 aliphatic heterocycles. The summed E-state index contributed by atoms with van der Waals surface area (Å²) < 4.78 is 22.0. The summed E-state index contributed by atoms with van der Waals surface area (Å²) in [6.07, 6.45) is -0.277. The van der Waals surface area contributed by atoms with Crippen molar-refractivity contribution in [1.82, 2.24) is 9.80 Å². The van der Waals surface area contributed by atoms with Gasteiger partial charge in [0.25, 0.3) is 0 Å². The molecule has 1 unspecified atom stereocenters. The third kappa shape index (κ3) is 7.17. The van der Waals surface area contributed by atoms with Crippen molar-refractivity contribution in [3.05, 3.63) is 52.6 Å². The van der Waals surface area contributed by atoms with Crippen molar-refractivity contribution in [1.29, 1.82) is 5.26 Å². The van der Waals surface area contributed by atoms with Crippen LogP contribution in [0.25, 0.3) is 0 Å². The van der Waals surface area contributed by atoms with E-state index < -0.39 is 17.5 Å². The fourth-order valence-electron chi connectivity index (χ4n) is 4.22. The fraction of sp³-hybridized carbons (Fsp3) is 0.519. The first-order valence-electron chi connectivity index (χ1n) is 12.4. The van der Waals surface area contributed by atoms with Gasteiger partial charge >= 0.3 is 12.1 Å². The van der Waals surface area contributed by atoms with Crippen LogP contribution < -0.4 is 10.5 Å². The number of nitrogens with zero attached hydrogens (tertiary/aromatic N) is 3. The molecule has 3 rings (SSSR count). The lowest BCUT2D eigenvalue weighted by molar-refractivity contribution is -0.139. The molecule has 2 heterocycles. The van der Waals surface area contributed by atoms with E-state index in [1.165, 1.54) is 0 Å². The number of nitriles is 1. The molecule has 1 aromatic rings. The second kappa shape index (κ2) is 12.0. The molecule has 2 aliphatic rings. The number of rotatable bonds is 7. The minimum atomic E-state index is -0.687. The molecule has 0 radical (unpaired) electrons. The zero-order valence-electron chi connectivity index (χ0n) is 22.2. The molecular formula is C27H36N4O6. The zero-order chi connectivity index (χ0) is 27.2. The highest BCUT2D eigenvalue weighted by atomic mass is 16.6. The van der Waals surface area contributed by atoms with Gasteiger partial charge in [-0.1, -0.05) is 12.1 Å². The highest BCUT2D eigenvalue weighted by Crippen LogP contribution is 2.40. The van der Waals surface area contributed by atoms with Gasteiger partial charge in [0.05, 0.1) is 18.1 Å². The van der Waals surface area contributed by atoms with E-state index in [2.05, 4.69) is 11.0 Å². The van der Waals surface area contributed by atoms with Gasteiger partial charge in [0, 0.05) is 32.7 Å². The summed E-state index contributed by atoms with van der Waals surface area (Å²) in [6, 6.07) is 9.29. The zero-order valence-corrected chi connectivity index (χ0v) is 22.2. The lowest BCUT2D eigenvalue weighted by Gasteiger charge is -2.35. The van der Waals surface area contributed by atoms with Crippen molar-refractivity contribution >= 4 is 12.1 Å². The van der Waals surface area contributed by atoms with Gasteiger partial charge in [0.2, 0.25) is 5.88 Å². The Bertz CT molecular complexity index is 1090. The first-order chi connectivity index (χ1) is 17.5. The van der Waals surface area contributed by atoms with Crippen molar-refractivity contribution in [2.24, 2.45) is 5.73 Å². The molecule has 0 aliphatic carbocycles. The van der Waals surface area contributed by atoms with Gasteiger partial charge in [-0.3, -0.25) is 4.90 Å². The number of carbonyl (C=O) groups excluding carboxylic acids is 2. The molecule has 0 spiro atoms. The monoisotopic (exact) mass is 512 g/mol. The Labute approximate surface area is 218 Å². The summed E-state index contributed by atoms with van der Waals surface area (Å²) in [4.78, 5) is 28.8. The summed E-state index contributed by atoms with van der Waals surface area (Å²) in [7, 11) is 0. The van der Waals surface area contributed by atoms with Crippen molar-refractivity contribution in [3.63, 3.8) is 0 Å². The van der Waals surface area contributed by atoms with Crippen molar-refractivity contribution in [2.45, 2.75) is 46.1 Å². The minimum absolute atomic E-state index is 0.0230. The maximum absolute atomic E-state index is 12.6. The smallest absolute Gasteiger partial charge is 0.410 e. The maximum Gasteiger partial charge on any atom is 0.410 e. The van der Waals surface area contributed by atoms with E-state index in [0.717, 1.165) is 19.6 Å². The Kier molecular flexibility index (Phi) is 9.05. The van der Waals surface area contributed by atoms with Gasteiger partial charge in [0.1, 0.15) is 35.4 Å². The number of esters is 1. The lowest BCUT2D eigenvalue weighted by atomic mass is 9.83. The Hall–Kier alpha value is -3.71. The van der Waals surface area contributed by atoms with Crippen LogP contribution in [0, 0.1) is 11.3 Å². The largest absolute Gasteiger partial charge is 0.492 e. The molecule has 1 atom stereocenters. The van der Waals surface area contributed by atoms with Crippen molar-refractivity contribution in [2.75, 3.05) is 45.9 Å². The predicted octanol–water partition coefficient (Wildman–Crippen LogP) is 3.26. The highest BCUT2D eigenvalue weighted by Gasteiger charge is 2.36. The number of hydrogen-bond acceptors (Lipinski definition) is 9. The normalized spacial score (nSPS) is 18.7. The van der Waals surface area contributed by atoms with E-state index in [9.17, 15) is 14.9 Å². The summed E-state index contributed by atoms with van der Waals surface area (Å²) in [5, 5.41) is 9.70. The van der Waals surface area contributed by atoms with E-state index in [0.29, 0.717) is 36.8 Å². The van der Waals surface area contributed by atoms with Crippen LogP contribution in [0.4, 0.5) is 4.79 Å². The lowest BCUT2D eigenvalue weighted by Crippen LogP contribution is -2.50. The summed E-state index contributed by atoms with van der Waals surface area (Å²) in [5.41, 5.74) is 6.57. The van der Waals surface area contributed by atoms with E-state index in [-0.39, 0.29) is 29.7 Å². The molecule has 1 amide bonds. The quantitative estimate of drug-likeness (QED) is 0.548.